The Bertz CT molecular complexity index is 671. The zero-order valence-electron chi connectivity index (χ0n) is 14.9. The predicted molar refractivity (Wildman–Crippen MR) is 93.2 cm³/mol. The fourth-order valence-electron chi connectivity index (χ4n) is 2.58. The molecule has 8 nitrogen and oxygen atoms in total. The molecule has 4 amide bonds. The van der Waals surface area contributed by atoms with Crippen LogP contribution in [0.15, 0.2) is 24.3 Å². The number of carbonyl (C=O) groups is 4. The second-order valence-electron chi connectivity index (χ2n) is 6.17. The summed E-state index contributed by atoms with van der Waals surface area (Å²) in [6.45, 7) is 3.72. The molecule has 1 fully saturated rings. The van der Waals surface area contributed by atoms with Crippen LogP contribution >= 0.6 is 0 Å². The second kappa shape index (κ2) is 8.98. The van der Waals surface area contributed by atoms with Gasteiger partial charge in [0.2, 0.25) is 5.91 Å². The highest BCUT2D eigenvalue weighted by Crippen LogP contribution is 2.11. The Morgan fingerprint density at radius 1 is 1.27 bits per heavy atom. The second-order valence-corrected chi connectivity index (χ2v) is 6.17. The van der Waals surface area contributed by atoms with Gasteiger partial charge >= 0.3 is 12.0 Å². The summed E-state index contributed by atoms with van der Waals surface area (Å²) in [6, 6.07) is 5.96. The maximum atomic E-state index is 12.0. The lowest BCUT2D eigenvalue weighted by Gasteiger charge is -2.13. The van der Waals surface area contributed by atoms with E-state index < -0.39 is 12.0 Å². The Balaban J connectivity index is 1.83. The molecule has 1 aromatic carbocycles. The fourth-order valence-corrected chi connectivity index (χ4v) is 2.58. The summed E-state index contributed by atoms with van der Waals surface area (Å²) in [7, 11) is 0. The van der Waals surface area contributed by atoms with Gasteiger partial charge in [0.1, 0.15) is 0 Å². The minimum absolute atomic E-state index is 0.00216. The van der Waals surface area contributed by atoms with Crippen LogP contribution in [0.5, 0.6) is 0 Å². The average Bonchev–Trinajstić information content (AvgIpc) is 2.92. The van der Waals surface area contributed by atoms with Gasteiger partial charge in [0.15, 0.2) is 6.61 Å². The number of carbonyl (C=O) groups excluding carboxylic acids is 4. The van der Waals surface area contributed by atoms with Crippen molar-refractivity contribution in [1.29, 1.82) is 0 Å². The van der Waals surface area contributed by atoms with Crippen molar-refractivity contribution in [2.45, 2.75) is 39.3 Å². The standard InChI is InChI=1S/C18H23N3O5/c1-3-4-12(2)20-15(22)11-26-17(24)14-7-5-13(6-8-14)10-21-16(23)9-19-18(21)25/h5-8,12H,3-4,9-11H2,1-2H3,(H,19,25)(H,20,22). The van der Waals surface area contributed by atoms with E-state index in [1.165, 1.54) is 12.1 Å². The van der Waals surface area contributed by atoms with Crippen LogP contribution in [0.1, 0.15) is 42.6 Å². The number of hydrogen-bond acceptors (Lipinski definition) is 5. The molecule has 0 spiro atoms. The number of urea groups is 1. The van der Waals surface area contributed by atoms with Gasteiger partial charge in [-0.3, -0.25) is 14.5 Å². The maximum absolute atomic E-state index is 12.0. The van der Waals surface area contributed by atoms with E-state index in [0.717, 1.165) is 17.7 Å². The molecule has 0 aromatic heterocycles. The Kier molecular flexibility index (Phi) is 6.71. The van der Waals surface area contributed by atoms with Crippen molar-refractivity contribution in [3.8, 4) is 0 Å². The molecule has 1 atom stereocenters. The van der Waals surface area contributed by atoms with Gasteiger partial charge in [0, 0.05) is 6.04 Å². The molecule has 1 aliphatic heterocycles. The fraction of sp³-hybridized carbons (Fsp3) is 0.444. The number of amides is 4. The number of nitrogens with one attached hydrogen (secondary N) is 2. The van der Waals surface area contributed by atoms with Crippen molar-refractivity contribution in [3.63, 3.8) is 0 Å². The van der Waals surface area contributed by atoms with E-state index in [9.17, 15) is 19.2 Å². The van der Waals surface area contributed by atoms with Gasteiger partial charge in [0.05, 0.1) is 18.7 Å². The summed E-state index contributed by atoms with van der Waals surface area (Å²) < 4.78 is 5.00. The minimum Gasteiger partial charge on any atom is -0.452 e. The van der Waals surface area contributed by atoms with Crippen LogP contribution in [-0.4, -0.2) is 47.9 Å². The smallest absolute Gasteiger partial charge is 0.338 e. The van der Waals surface area contributed by atoms with Gasteiger partial charge in [0.25, 0.3) is 5.91 Å². The Morgan fingerprint density at radius 3 is 2.54 bits per heavy atom. The van der Waals surface area contributed by atoms with Crippen LogP contribution in [0, 0.1) is 0 Å². The number of imide groups is 1. The number of hydrogen-bond donors (Lipinski definition) is 2. The molecule has 140 valence electrons. The van der Waals surface area contributed by atoms with Crippen LogP contribution in [0.25, 0.3) is 0 Å². The lowest BCUT2D eigenvalue weighted by Crippen LogP contribution is -2.35. The first-order valence-corrected chi connectivity index (χ1v) is 8.54. The van der Waals surface area contributed by atoms with E-state index >= 15 is 0 Å². The predicted octanol–water partition coefficient (Wildman–Crippen LogP) is 1.20. The Hall–Kier alpha value is -2.90. The first-order valence-electron chi connectivity index (χ1n) is 8.54. The van der Waals surface area contributed by atoms with Crippen molar-refractivity contribution in [1.82, 2.24) is 15.5 Å². The topological polar surface area (TPSA) is 105 Å². The van der Waals surface area contributed by atoms with E-state index in [2.05, 4.69) is 10.6 Å². The number of rotatable bonds is 8. The molecule has 0 bridgehead atoms. The molecule has 26 heavy (non-hydrogen) atoms. The molecule has 1 unspecified atom stereocenters. The first-order chi connectivity index (χ1) is 12.4. The SMILES string of the molecule is CCCC(C)NC(=O)COC(=O)c1ccc(CN2C(=O)CNC2=O)cc1. The van der Waals surface area contributed by atoms with E-state index in [4.69, 9.17) is 4.74 Å². The summed E-state index contributed by atoms with van der Waals surface area (Å²) in [4.78, 5) is 47.9. The molecule has 1 saturated heterocycles. The van der Waals surface area contributed by atoms with Gasteiger partial charge in [-0.05, 0) is 31.0 Å². The third-order valence-corrected chi connectivity index (χ3v) is 3.93. The molecule has 2 rings (SSSR count). The van der Waals surface area contributed by atoms with Gasteiger partial charge in [-0.1, -0.05) is 25.5 Å². The zero-order chi connectivity index (χ0) is 19.1. The highest BCUT2D eigenvalue weighted by Gasteiger charge is 2.28. The van der Waals surface area contributed by atoms with Crippen LogP contribution < -0.4 is 10.6 Å². The lowest BCUT2D eigenvalue weighted by molar-refractivity contribution is -0.125. The van der Waals surface area contributed by atoms with Gasteiger partial charge < -0.3 is 15.4 Å². The monoisotopic (exact) mass is 361 g/mol. The molecule has 8 heteroatoms. The highest BCUT2D eigenvalue weighted by molar-refractivity contribution is 6.01. The third-order valence-electron chi connectivity index (χ3n) is 3.93. The number of esters is 1. The molecule has 0 aliphatic carbocycles. The van der Waals surface area contributed by atoms with Crippen molar-refractivity contribution < 1.29 is 23.9 Å². The minimum atomic E-state index is -0.607. The van der Waals surface area contributed by atoms with Crippen molar-refractivity contribution in [2.75, 3.05) is 13.2 Å². The van der Waals surface area contributed by atoms with E-state index in [-0.39, 0.29) is 37.6 Å². The summed E-state index contributed by atoms with van der Waals surface area (Å²) in [5.41, 5.74) is 0.999. The van der Waals surface area contributed by atoms with Gasteiger partial charge in [-0.2, -0.15) is 0 Å². The molecule has 1 heterocycles. The molecule has 1 aliphatic rings. The van der Waals surface area contributed by atoms with Gasteiger partial charge in [-0.15, -0.1) is 0 Å². The average molecular weight is 361 g/mol. The Morgan fingerprint density at radius 2 is 1.96 bits per heavy atom. The van der Waals surface area contributed by atoms with Crippen LogP contribution in [-0.2, 0) is 20.9 Å². The summed E-state index contributed by atoms with van der Waals surface area (Å²) in [5, 5.41) is 5.20. The number of nitrogens with zero attached hydrogens (tertiary/aromatic N) is 1. The number of benzene rings is 1. The van der Waals surface area contributed by atoms with E-state index in [1.807, 2.05) is 13.8 Å². The normalized spacial score (nSPS) is 14.8. The summed E-state index contributed by atoms with van der Waals surface area (Å²) in [6.07, 6.45) is 1.82. The molecular formula is C18H23N3O5. The third kappa shape index (κ3) is 5.30. The maximum Gasteiger partial charge on any atom is 0.338 e. The van der Waals surface area contributed by atoms with E-state index in [1.54, 1.807) is 12.1 Å². The quantitative estimate of drug-likeness (QED) is 0.535. The molecule has 0 radical (unpaired) electrons. The molecule has 1 aromatic rings. The van der Waals surface area contributed by atoms with Gasteiger partial charge in [-0.25, -0.2) is 9.59 Å². The summed E-state index contributed by atoms with van der Waals surface area (Å²) in [5.74, 6) is -1.24. The lowest BCUT2D eigenvalue weighted by atomic mass is 10.1. The highest BCUT2D eigenvalue weighted by atomic mass is 16.5. The van der Waals surface area contributed by atoms with Crippen molar-refractivity contribution in [3.05, 3.63) is 35.4 Å². The van der Waals surface area contributed by atoms with Crippen LogP contribution in [0.3, 0.4) is 0 Å². The largest absolute Gasteiger partial charge is 0.452 e. The van der Waals surface area contributed by atoms with Crippen molar-refractivity contribution in [2.24, 2.45) is 0 Å². The summed E-state index contributed by atoms with van der Waals surface area (Å²) >= 11 is 0. The number of ether oxygens (including phenoxy) is 1. The Labute approximate surface area is 151 Å². The molecule has 2 N–H and O–H groups in total. The zero-order valence-corrected chi connectivity index (χ0v) is 14.9. The van der Waals surface area contributed by atoms with Crippen LogP contribution in [0.4, 0.5) is 4.79 Å². The molecule has 0 saturated carbocycles. The van der Waals surface area contributed by atoms with E-state index in [0.29, 0.717) is 11.1 Å². The first kappa shape index (κ1) is 19.4. The van der Waals surface area contributed by atoms with Crippen LogP contribution in [0.2, 0.25) is 0 Å². The molecular weight excluding hydrogens is 338 g/mol. The van der Waals surface area contributed by atoms with Crippen molar-refractivity contribution >= 4 is 23.8 Å².